The molecule has 1 aliphatic rings. The molecule has 13 nitrogen and oxygen atoms in total. The molecule has 0 spiro atoms. The van der Waals surface area contributed by atoms with E-state index >= 15 is 0 Å². The molecule has 1 saturated carbocycles. The average molecular weight is 934 g/mol. The van der Waals surface area contributed by atoms with Crippen molar-refractivity contribution in [3.8, 4) is 0 Å². The summed E-state index contributed by atoms with van der Waals surface area (Å²) in [4.78, 5) is 23.5. The van der Waals surface area contributed by atoms with Crippen LogP contribution in [0.4, 0.5) is 0 Å². The molecule has 0 aromatic carbocycles. The normalized spacial score (nSPS) is 22.8. The van der Waals surface area contributed by atoms with Crippen LogP contribution in [0.15, 0.2) is 24.3 Å². The molecule has 0 aromatic rings. The molecule has 9 N–H and O–H groups in total. The van der Waals surface area contributed by atoms with Crippen molar-refractivity contribution in [3.63, 3.8) is 0 Å². The van der Waals surface area contributed by atoms with Gasteiger partial charge in [-0.25, -0.2) is 4.57 Å². The Balaban J connectivity index is 2.49. The van der Waals surface area contributed by atoms with E-state index in [1.165, 1.54) is 154 Å². The number of aliphatic hydroxyl groups is 7. The van der Waals surface area contributed by atoms with Crippen LogP contribution in [-0.4, -0.2) is 108 Å². The fourth-order valence-corrected chi connectivity index (χ4v) is 9.28. The number of phosphoric ester groups is 1. The van der Waals surface area contributed by atoms with E-state index in [1.54, 1.807) is 6.08 Å². The minimum Gasteiger partial charge on any atom is -0.393 e. The van der Waals surface area contributed by atoms with Gasteiger partial charge in [-0.3, -0.25) is 13.8 Å². The number of carbonyl (C=O) groups excluding carboxylic acids is 1. The third kappa shape index (κ3) is 30.9. The first-order chi connectivity index (χ1) is 30.8. The van der Waals surface area contributed by atoms with Gasteiger partial charge in [0, 0.05) is 0 Å². The molecule has 1 rings (SSSR count). The molecule has 1 fully saturated rings. The van der Waals surface area contributed by atoms with Crippen LogP contribution in [0.5, 0.6) is 0 Å². The van der Waals surface area contributed by atoms with Crippen molar-refractivity contribution in [1.82, 2.24) is 5.32 Å². The zero-order valence-corrected chi connectivity index (χ0v) is 41.1. The number of amides is 1. The number of nitrogens with one attached hydrogen (secondary N) is 1. The van der Waals surface area contributed by atoms with Crippen molar-refractivity contribution in [2.45, 2.75) is 281 Å². The van der Waals surface area contributed by atoms with Crippen LogP contribution in [-0.2, 0) is 18.4 Å². The van der Waals surface area contributed by atoms with E-state index in [2.05, 4.69) is 31.3 Å². The van der Waals surface area contributed by atoms with E-state index in [-0.39, 0.29) is 6.42 Å². The molecule has 64 heavy (non-hydrogen) atoms. The zero-order chi connectivity index (χ0) is 47.3. The van der Waals surface area contributed by atoms with E-state index in [1.807, 2.05) is 0 Å². The smallest absolute Gasteiger partial charge is 0.393 e. The molecule has 0 aliphatic heterocycles. The first-order valence-corrected chi connectivity index (χ1v) is 27.4. The van der Waals surface area contributed by atoms with E-state index in [9.17, 15) is 50.0 Å². The Morgan fingerprint density at radius 1 is 0.547 bits per heavy atom. The number of phosphoric acid groups is 1. The Kier molecular flexibility index (Phi) is 37.8. The lowest BCUT2D eigenvalue weighted by Crippen LogP contribution is -2.64. The summed E-state index contributed by atoms with van der Waals surface area (Å²) in [6.07, 6.45) is 31.2. The summed E-state index contributed by atoms with van der Waals surface area (Å²) in [5.74, 6) is -0.599. The molecule has 0 bridgehead atoms. The lowest BCUT2D eigenvalue weighted by Gasteiger charge is -2.41. The van der Waals surface area contributed by atoms with Crippen molar-refractivity contribution in [1.29, 1.82) is 0 Å². The van der Waals surface area contributed by atoms with E-state index in [0.29, 0.717) is 12.8 Å². The van der Waals surface area contributed by atoms with Crippen molar-refractivity contribution in [3.05, 3.63) is 24.3 Å². The molecule has 378 valence electrons. The Hall–Kier alpha value is -1.22. The lowest BCUT2D eigenvalue weighted by molar-refractivity contribution is -0.220. The quantitative estimate of drug-likeness (QED) is 0.0158. The molecule has 14 heteroatoms. The van der Waals surface area contributed by atoms with Crippen LogP contribution in [0.25, 0.3) is 0 Å². The van der Waals surface area contributed by atoms with Gasteiger partial charge in [-0.2, -0.15) is 0 Å². The van der Waals surface area contributed by atoms with Crippen LogP contribution in [0.3, 0.4) is 0 Å². The lowest BCUT2D eigenvalue weighted by atomic mass is 9.85. The molecular weight excluding hydrogens is 838 g/mol. The first-order valence-electron chi connectivity index (χ1n) is 25.9. The molecule has 0 heterocycles. The van der Waals surface area contributed by atoms with Gasteiger partial charge in [0.15, 0.2) is 0 Å². The average Bonchev–Trinajstić information content (AvgIpc) is 3.27. The molecule has 0 radical (unpaired) electrons. The second-order valence-corrected chi connectivity index (χ2v) is 20.0. The van der Waals surface area contributed by atoms with Crippen LogP contribution < -0.4 is 5.32 Å². The summed E-state index contributed by atoms with van der Waals surface area (Å²) in [6.45, 7) is 3.75. The van der Waals surface area contributed by atoms with E-state index in [0.717, 1.165) is 44.9 Å². The van der Waals surface area contributed by atoms with Gasteiger partial charge in [0.1, 0.15) is 36.6 Å². The fraction of sp³-hybridized carbons (Fsp3) is 0.900. The fourth-order valence-electron chi connectivity index (χ4n) is 8.32. The first kappa shape index (κ1) is 60.8. The van der Waals surface area contributed by atoms with Crippen molar-refractivity contribution >= 4 is 13.7 Å². The summed E-state index contributed by atoms with van der Waals surface area (Å²) >= 11 is 0. The topological polar surface area (TPSA) is 226 Å². The van der Waals surface area contributed by atoms with Crippen molar-refractivity contribution in [2.75, 3.05) is 6.61 Å². The number of hydrogen-bond donors (Lipinski definition) is 9. The zero-order valence-electron chi connectivity index (χ0n) is 40.2. The Morgan fingerprint density at radius 3 is 1.38 bits per heavy atom. The highest BCUT2D eigenvalue weighted by Gasteiger charge is 2.51. The van der Waals surface area contributed by atoms with Crippen LogP contribution >= 0.6 is 7.82 Å². The highest BCUT2D eigenvalue weighted by Crippen LogP contribution is 2.47. The van der Waals surface area contributed by atoms with Gasteiger partial charge in [0.2, 0.25) is 5.91 Å². The van der Waals surface area contributed by atoms with Gasteiger partial charge < -0.3 is 46.0 Å². The summed E-state index contributed by atoms with van der Waals surface area (Å²) in [5.41, 5.74) is 0. The Labute approximate surface area is 388 Å². The number of rotatable bonds is 43. The van der Waals surface area contributed by atoms with Gasteiger partial charge in [-0.1, -0.05) is 212 Å². The summed E-state index contributed by atoms with van der Waals surface area (Å²) < 4.78 is 22.9. The number of unbranched alkanes of at least 4 members (excludes halogenated alkanes) is 28. The molecule has 0 aromatic heterocycles. The SMILES string of the molecule is CCCCCCCCCCCC/C=C/CC/C=C/C(O)C(COP(=O)(O)OC1C(O)C(O)C(O)C(O)C1O)NC(=O)CC(O)CCCCCCCCCCCCCCCCCCCC. The van der Waals surface area contributed by atoms with Crippen LogP contribution in [0, 0.1) is 0 Å². The third-order valence-corrected chi connectivity index (χ3v) is 13.5. The number of aliphatic hydroxyl groups excluding tert-OH is 7. The van der Waals surface area contributed by atoms with E-state index in [4.69, 9.17) is 9.05 Å². The maximum atomic E-state index is 13.0. The van der Waals surface area contributed by atoms with Gasteiger partial charge in [-0.05, 0) is 32.1 Å². The molecule has 1 aliphatic carbocycles. The highest BCUT2D eigenvalue weighted by molar-refractivity contribution is 7.47. The van der Waals surface area contributed by atoms with Gasteiger partial charge in [-0.15, -0.1) is 0 Å². The van der Waals surface area contributed by atoms with Gasteiger partial charge >= 0.3 is 7.82 Å². The van der Waals surface area contributed by atoms with Crippen LogP contribution in [0.1, 0.15) is 226 Å². The molecule has 0 saturated heterocycles. The number of hydrogen-bond acceptors (Lipinski definition) is 11. The molecule has 8 atom stereocenters. The number of allylic oxidation sites excluding steroid dienone is 3. The Bertz CT molecular complexity index is 1190. The third-order valence-electron chi connectivity index (χ3n) is 12.5. The second kappa shape index (κ2) is 39.7. The monoisotopic (exact) mass is 934 g/mol. The minimum absolute atomic E-state index is 0.248. The van der Waals surface area contributed by atoms with Crippen molar-refractivity contribution in [2.24, 2.45) is 0 Å². The predicted molar refractivity (Wildman–Crippen MR) is 257 cm³/mol. The maximum Gasteiger partial charge on any atom is 0.472 e. The summed E-state index contributed by atoms with van der Waals surface area (Å²) in [6, 6.07) is -1.25. The molecule has 8 unspecified atom stereocenters. The van der Waals surface area contributed by atoms with Gasteiger partial charge in [0.05, 0.1) is 31.3 Å². The molecular formula is C50H96NO12P. The minimum atomic E-state index is -5.15. The van der Waals surface area contributed by atoms with Gasteiger partial charge in [0.25, 0.3) is 0 Å². The van der Waals surface area contributed by atoms with Crippen LogP contribution in [0.2, 0.25) is 0 Å². The summed E-state index contributed by atoms with van der Waals surface area (Å²) in [5, 5.41) is 74.6. The predicted octanol–water partition coefficient (Wildman–Crippen LogP) is 9.54. The molecule has 1 amide bonds. The maximum absolute atomic E-state index is 13.0. The van der Waals surface area contributed by atoms with E-state index < -0.39 is 75.2 Å². The largest absolute Gasteiger partial charge is 0.472 e. The number of carbonyl (C=O) groups is 1. The summed E-state index contributed by atoms with van der Waals surface area (Å²) in [7, 11) is -5.15. The highest BCUT2D eigenvalue weighted by atomic mass is 31.2. The Morgan fingerprint density at radius 2 is 0.922 bits per heavy atom. The van der Waals surface area contributed by atoms with Crippen molar-refractivity contribution < 1.29 is 59.0 Å². The second-order valence-electron chi connectivity index (χ2n) is 18.6. The standard InChI is InChI=1S/C50H96NO12P/c1-3-5-7-9-11-13-15-17-19-21-22-23-25-27-29-31-33-35-37-41(52)39-44(54)51-42(40-62-64(60,61)63-50-48(58)46(56)45(55)47(57)49(50)59)43(53)38-36-34-32-30-28-26-24-20-18-16-14-12-10-8-6-4-2/h28,30,36,38,41-43,45-50,52-53,55-59H,3-27,29,31-35,37,39-40H2,1-2H3,(H,51,54)(H,60,61)/b30-28+,38-36+.